The first-order valence-electron chi connectivity index (χ1n) is 14.1. The number of sulfonamides is 1. The van der Waals surface area contributed by atoms with Gasteiger partial charge in [-0.05, 0) is 61.2 Å². The zero-order valence-electron chi connectivity index (χ0n) is 24.9. The van der Waals surface area contributed by atoms with Crippen molar-refractivity contribution in [3.8, 4) is 5.75 Å². The van der Waals surface area contributed by atoms with E-state index in [0.717, 1.165) is 28.3 Å². The molecule has 2 atom stereocenters. The Morgan fingerprint density at radius 1 is 1.02 bits per heavy atom. The molecule has 0 aromatic heterocycles. The minimum absolute atomic E-state index is 0.0360. The van der Waals surface area contributed by atoms with E-state index >= 15 is 0 Å². The molecule has 3 rings (SSSR count). The number of benzene rings is 3. The van der Waals surface area contributed by atoms with E-state index in [2.05, 4.69) is 21.2 Å². The molecule has 11 heteroatoms. The fraction of sp³-hybridized carbons (Fsp3) is 0.375. The summed E-state index contributed by atoms with van der Waals surface area (Å²) in [5, 5.41) is 3.34. The molecular weight excluding hydrogens is 654 g/mol. The molecule has 8 nitrogen and oxygen atoms in total. The second-order valence-corrected chi connectivity index (χ2v) is 13.7. The quantitative estimate of drug-likeness (QED) is 0.204. The van der Waals surface area contributed by atoms with Gasteiger partial charge in [0.05, 0.1) is 24.1 Å². The molecule has 0 heterocycles. The SMILES string of the molecule is CC[C@@H](C)NC(=O)[C@@H](Cc1ccccc1)N(Cc1ccc(Br)cc1)C(=O)CCCN(c1ccc(OC)c(Cl)c1)S(C)(=O)=O. The number of halogens is 2. The lowest BCUT2D eigenvalue weighted by Crippen LogP contribution is -2.52. The Morgan fingerprint density at radius 2 is 1.70 bits per heavy atom. The minimum atomic E-state index is -3.67. The molecule has 0 unspecified atom stereocenters. The van der Waals surface area contributed by atoms with Crippen LogP contribution in [0.1, 0.15) is 44.2 Å². The molecule has 0 spiro atoms. The number of hydrogen-bond donors (Lipinski definition) is 1. The fourth-order valence-electron chi connectivity index (χ4n) is 4.60. The van der Waals surface area contributed by atoms with E-state index in [1.165, 1.54) is 17.5 Å². The lowest BCUT2D eigenvalue weighted by Gasteiger charge is -2.32. The van der Waals surface area contributed by atoms with Crippen LogP contribution in [0.15, 0.2) is 77.3 Å². The van der Waals surface area contributed by atoms with Gasteiger partial charge in [0, 0.05) is 36.4 Å². The molecule has 1 N–H and O–H groups in total. The van der Waals surface area contributed by atoms with Crippen LogP contribution < -0.4 is 14.4 Å². The molecule has 0 aliphatic rings. The molecule has 0 aliphatic heterocycles. The minimum Gasteiger partial charge on any atom is -0.495 e. The van der Waals surface area contributed by atoms with Crippen molar-refractivity contribution < 1.29 is 22.7 Å². The Bertz CT molecular complexity index is 1470. The summed E-state index contributed by atoms with van der Waals surface area (Å²) in [7, 11) is -2.19. The second-order valence-electron chi connectivity index (χ2n) is 10.4. The molecule has 0 fully saturated rings. The lowest BCUT2D eigenvalue weighted by atomic mass is 10.0. The van der Waals surface area contributed by atoms with E-state index in [0.29, 0.717) is 17.9 Å². The molecule has 43 heavy (non-hydrogen) atoms. The Balaban J connectivity index is 1.89. The first-order chi connectivity index (χ1) is 20.4. The van der Waals surface area contributed by atoms with E-state index in [-0.39, 0.29) is 48.8 Å². The third kappa shape index (κ3) is 10.3. The van der Waals surface area contributed by atoms with Gasteiger partial charge in [0.25, 0.3) is 0 Å². The zero-order valence-corrected chi connectivity index (χ0v) is 28.1. The Labute approximate surface area is 268 Å². The van der Waals surface area contributed by atoms with Crippen molar-refractivity contribution in [3.05, 3.63) is 93.4 Å². The van der Waals surface area contributed by atoms with Crippen LogP contribution in [-0.2, 0) is 32.6 Å². The van der Waals surface area contributed by atoms with Crippen molar-refractivity contribution in [2.24, 2.45) is 0 Å². The molecule has 2 amide bonds. The van der Waals surface area contributed by atoms with Crippen LogP contribution in [0, 0.1) is 0 Å². The summed E-state index contributed by atoms with van der Waals surface area (Å²) in [4.78, 5) is 29.2. The third-order valence-corrected chi connectivity index (χ3v) is 9.13. The number of amides is 2. The average molecular weight is 693 g/mol. The van der Waals surface area contributed by atoms with Crippen molar-refractivity contribution in [3.63, 3.8) is 0 Å². The van der Waals surface area contributed by atoms with Crippen molar-refractivity contribution >= 4 is 55.1 Å². The number of anilines is 1. The topological polar surface area (TPSA) is 96.0 Å². The largest absolute Gasteiger partial charge is 0.495 e. The van der Waals surface area contributed by atoms with Gasteiger partial charge in [-0.25, -0.2) is 8.42 Å². The maximum Gasteiger partial charge on any atom is 0.243 e. The number of methoxy groups -OCH3 is 1. The van der Waals surface area contributed by atoms with E-state index in [1.807, 2.05) is 68.4 Å². The highest BCUT2D eigenvalue weighted by molar-refractivity contribution is 9.10. The van der Waals surface area contributed by atoms with Gasteiger partial charge in [-0.1, -0.05) is 76.9 Å². The molecule has 3 aromatic carbocycles. The fourth-order valence-corrected chi connectivity index (χ4v) is 6.07. The molecule has 0 aliphatic carbocycles. The molecule has 0 saturated heterocycles. The van der Waals surface area contributed by atoms with Crippen molar-refractivity contribution in [2.45, 2.75) is 58.2 Å². The van der Waals surface area contributed by atoms with E-state index in [1.54, 1.807) is 17.0 Å². The van der Waals surface area contributed by atoms with Crippen LogP contribution in [0.5, 0.6) is 5.75 Å². The highest BCUT2D eigenvalue weighted by atomic mass is 79.9. The van der Waals surface area contributed by atoms with Gasteiger partial charge in [0.15, 0.2) is 0 Å². The number of nitrogens with zero attached hydrogens (tertiary/aromatic N) is 2. The number of carbonyl (C=O) groups is 2. The summed E-state index contributed by atoms with van der Waals surface area (Å²) in [6, 6.07) is 21.1. The predicted octanol–water partition coefficient (Wildman–Crippen LogP) is 6.21. The first kappa shape index (κ1) is 34.4. The second kappa shape index (κ2) is 16.1. The summed E-state index contributed by atoms with van der Waals surface area (Å²) in [5.74, 6) is -0.0450. The Morgan fingerprint density at radius 3 is 2.28 bits per heavy atom. The maximum absolute atomic E-state index is 13.9. The maximum atomic E-state index is 13.9. The van der Waals surface area contributed by atoms with Crippen molar-refractivity contribution in [1.29, 1.82) is 0 Å². The smallest absolute Gasteiger partial charge is 0.243 e. The molecular formula is C32H39BrClN3O5S. The van der Waals surface area contributed by atoms with Gasteiger partial charge in [-0.2, -0.15) is 0 Å². The molecule has 0 radical (unpaired) electrons. The molecule has 232 valence electrons. The van der Waals surface area contributed by atoms with Gasteiger partial charge in [-0.3, -0.25) is 13.9 Å². The van der Waals surface area contributed by atoms with Crippen molar-refractivity contribution in [2.75, 3.05) is 24.2 Å². The molecule has 0 saturated carbocycles. The van der Waals surface area contributed by atoms with Crippen LogP contribution in [0.25, 0.3) is 0 Å². The standard InChI is InChI=1S/C32H39BrClN3O5S/c1-5-23(2)35-32(39)29(20-24-10-7-6-8-11-24)36(22-25-13-15-26(33)16-14-25)31(38)12-9-19-37(43(4,40)41)27-17-18-30(42-3)28(34)21-27/h6-8,10-11,13-18,21,23,29H,5,9,12,19-20,22H2,1-4H3,(H,35,39)/t23-,29-/m1/s1. The van der Waals surface area contributed by atoms with Crippen LogP contribution in [-0.4, -0.2) is 57.1 Å². The summed E-state index contributed by atoms with van der Waals surface area (Å²) in [6.07, 6.45) is 2.47. The number of rotatable bonds is 15. The first-order valence-corrected chi connectivity index (χ1v) is 17.1. The third-order valence-electron chi connectivity index (χ3n) is 7.11. The lowest BCUT2D eigenvalue weighted by molar-refractivity contribution is -0.141. The van der Waals surface area contributed by atoms with E-state index < -0.39 is 16.1 Å². The van der Waals surface area contributed by atoms with Gasteiger partial charge in [0.1, 0.15) is 11.8 Å². The summed E-state index contributed by atoms with van der Waals surface area (Å²) >= 11 is 9.72. The van der Waals surface area contributed by atoms with Gasteiger partial charge in [0.2, 0.25) is 21.8 Å². The molecule has 0 bridgehead atoms. The normalized spacial score (nSPS) is 12.7. The monoisotopic (exact) mass is 691 g/mol. The van der Waals surface area contributed by atoms with Crippen molar-refractivity contribution in [1.82, 2.24) is 10.2 Å². The van der Waals surface area contributed by atoms with Gasteiger partial charge >= 0.3 is 0 Å². The number of ether oxygens (including phenoxy) is 1. The number of nitrogens with one attached hydrogen (secondary N) is 1. The summed E-state index contributed by atoms with van der Waals surface area (Å²) in [5.41, 5.74) is 2.18. The predicted molar refractivity (Wildman–Crippen MR) is 176 cm³/mol. The number of carbonyl (C=O) groups excluding carboxylic acids is 2. The Kier molecular flexibility index (Phi) is 12.9. The highest BCUT2D eigenvalue weighted by Crippen LogP contribution is 2.30. The summed E-state index contributed by atoms with van der Waals surface area (Å²) in [6.45, 7) is 4.21. The average Bonchev–Trinajstić information content (AvgIpc) is 2.97. The Hall–Kier alpha value is -3.08. The summed E-state index contributed by atoms with van der Waals surface area (Å²) < 4.78 is 32.7. The van der Waals surface area contributed by atoms with Crippen LogP contribution in [0.4, 0.5) is 5.69 Å². The molecule has 3 aromatic rings. The zero-order chi connectivity index (χ0) is 31.6. The van der Waals surface area contributed by atoms with Crippen LogP contribution >= 0.6 is 27.5 Å². The highest BCUT2D eigenvalue weighted by Gasteiger charge is 2.31. The number of hydrogen-bond acceptors (Lipinski definition) is 5. The van der Waals surface area contributed by atoms with Crippen LogP contribution in [0.2, 0.25) is 5.02 Å². The van der Waals surface area contributed by atoms with E-state index in [4.69, 9.17) is 16.3 Å². The van der Waals surface area contributed by atoms with Gasteiger partial charge in [-0.15, -0.1) is 0 Å². The van der Waals surface area contributed by atoms with Gasteiger partial charge < -0.3 is 15.0 Å². The van der Waals surface area contributed by atoms with Crippen LogP contribution in [0.3, 0.4) is 0 Å². The van der Waals surface area contributed by atoms with E-state index in [9.17, 15) is 18.0 Å².